The summed E-state index contributed by atoms with van der Waals surface area (Å²) in [5, 5.41) is 11.6. The molecule has 0 radical (unpaired) electrons. The predicted molar refractivity (Wildman–Crippen MR) is 80.3 cm³/mol. The predicted octanol–water partition coefficient (Wildman–Crippen LogP) is 0.612. The molecule has 0 aliphatic carbocycles. The lowest BCUT2D eigenvalue weighted by Crippen LogP contribution is -2.60. The van der Waals surface area contributed by atoms with Crippen LogP contribution in [0.15, 0.2) is 9.98 Å². The van der Waals surface area contributed by atoms with Crippen LogP contribution in [-0.4, -0.2) is 49.5 Å². The third-order valence-electron chi connectivity index (χ3n) is 3.08. The van der Waals surface area contributed by atoms with Crippen molar-refractivity contribution in [2.45, 2.75) is 45.8 Å². The number of aliphatic imine (C=N–C) groups is 2. The minimum absolute atomic E-state index is 0.146. The van der Waals surface area contributed by atoms with Crippen LogP contribution in [0.25, 0.3) is 0 Å². The van der Waals surface area contributed by atoms with Crippen LogP contribution in [0.4, 0.5) is 0 Å². The average Bonchev–Trinajstić information content (AvgIpc) is 2.51. The van der Waals surface area contributed by atoms with Crippen molar-refractivity contribution in [2.24, 2.45) is 9.98 Å². The van der Waals surface area contributed by atoms with Gasteiger partial charge in [-0.05, 0) is 32.2 Å². The fourth-order valence-corrected chi connectivity index (χ4v) is 2.04. The third-order valence-corrected chi connectivity index (χ3v) is 3.08. The molecule has 3 N–H and O–H groups in total. The normalized spacial score (nSPS) is 25.1. The van der Waals surface area contributed by atoms with E-state index in [9.17, 15) is 0 Å². The molecule has 2 rings (SSSR count). The molecule has 0 saturated carbocycles. The topological polar surface area (TPSA) is 73.3 Å². The van der Waals surface area contributed by atoms with Crippen molar-refractivity contribution in [3.8, 4) is 0 Å². The standard InChI is InChI=1S/C13H26N6O/c1-3-7-14-11-16-12(15-8-4-2)18-13(17-11)19-9-5-6-10-20-19/h11,14H,3-10H2,1-2H3,(H2,15,16,17,18). The lowest BCUT2D eigenvalue weighted by atomic mass is 10.3. The Morgan fingerprint density at radius 2 is 2.30 bits per heavy atom. The van der Waals surface area contributed by atoms with Crippen molar-refractivity contribution < 1.29 is 4.84 Å². The largest absolute Gasteiger partial charge is 0.322 e. The van der Waals surface area contributed by atoms with Crippen molar-refractivity contribution in [2.75, 3.05) is 26.2 Å². The Bertz CT molecular complexity index is 351. The summed E-state index contributed by atoms with van der Waals surface area (Å²) in [5.41, 5.74) is 0. The highest BCUT2D eigenvalue weighted by molar-refractivity contribution is 6.00. The third kappa shape index (κ3) is 4.35. The molecular formula is C13H26N6O. The molecule has 114 valence electrons. The van der Waals surface area contributed by atoms with Crippen LogP contribution in [0, 0.1) is 0 Å². The molecule has 1 saturated heterocycles. The van der Waals surface area contributed by atoms with Gasteiger partial charge in [-0.1, -0.05) is 13.8 Å². The summed E-state index contributed by atoms with van der Waals surface area (Å²) in [5.74, 6) is 1.51. The minimum atomic E-state index is -0.146. The minimum Gasteiger partial charge on any atom is -0.322 e. The highest BCUT2D eigenvalue weighted by Crippen LogP contribution is 2.07. The molecule has 2 heterocycles. The first-order chi connectivity index (χ1) is 9.83. The van der Waals surface area contributed by atoms with Gasteiger partial charge in [0.1, 0.15) is 0 Å². The highest BCUT2D eigenvalue weighted by atomic mass is 16.7. The molecule has 2 aliphatic rings. The van der Waals surface area contributed by atoms with Gasteiger partial charge >= 0.3 is 0 Å². The van der Waals surface area contributed by atoms with Crippen molar-refractivity contribution in [1.82, 2.24) is 21.0 Å². The van der Waals surface area contributed by atoms with Gasteiger partial charge in [0.2, 0.25) is 11.9 Å². The number of hydroxylamine groups is 2. The van der Waals surface area contributed by atoms with Gasteiger partial charge in [0.25, 0.3) is 0 Å². The smallest absolute Gasteiger partial charge is 0.228 e. The van der Waals surface area contributed by atoms with E-state index in [4.69, 9.17) is 4.84 Å². The zero-order valence-corrected chi connectivity index (χ0v) is 12.5. The summed E-state index contributed by atoms with van der Waals surface area (Å²) in [7, 11) is 0. The van der Waals surface area contributed by atoms with E-state index in [-0.39, 0.29) is 6.29 Å². The number of hydrogen-bond donors (Lipinski definition) is 3. The van der Waals surface area contributed by atoms with Gasteiger partial charge in [0.05, 0.1) is 6.61 Å². The SMILES string of the molecule is CCCN=C1NC(N2CCCCO2)=NC(NCCC)N1. The van der Waals surface area contributed by atoms with E-state index in [0.717, 1.165) is 63.8 Å². The van der Waals surface area contributed by atoms with Crippen LogP contribution in [0.3, 0.4) is 0 Å². The van der Waals surface area contributed by atoms with Gasteiger partial charge in [-0.3, -0.25) is 20.5 Å². The molecule has 7 nitrogen and oxygen atoms in total. The number of guanidine groups is 2. The maximum Gasteiger partial charge on any atom is 0.228 e. The van der Waals surface area contributed by atoms with Crippen LogP contribution < -0.4 is 16.0 Å². The lowest BCUT2D eigenvalue weighted by molar-refractivity contribution is -0.126. The first-order valence-electron chi connectivity index (χ1n) is 7.63. The summed E-state index contributed by atoms with van der Waals surface area (Å²) in [4.78, 5) is 14.8. The Morgan fingerprint density at radius 1 is 1.40 bits per heavy atom. The Hall–Kier alpha value is -1.34. The number of nitrogens with zero attached hydrogens (tertiary/aromatic N) is 3. The zero-order valence-electron chi connectivity index (χ0n) is 12.5. The highest BCUT2D eigenvalue weighted by Gasteiger charge is 2.23. The van der Waals surface area contributed by atoms with E-state index in [0.29, 0.717) is 0 Å². The fourth-order valence-electron chi connectivity index (χ4n) is 2.04. The van der Waals surface area contributed by atoms with Crippen LogP contribution in [0.5, 0.6) is 0 Å². The van der Waals surface area contributed by atoms with Crippen molar-refractivity contribution >= 4 is 11.9 Å². The lowest BCUT2D eigenvalue weighted by Gasteiger charge is -2.33. The van der Waals surface area contributed by atoms with Gasteiger partial charge < -0.3 is 5.32 Å². The number of nitrogens with one attached hydrogen (secondary N) is 3. The second-order valence-electron chi connectivity index (χ2n) is 4.95. The monoisotopic (exact) mass is 282 g/mol. The van der Waals surface area contributed by atoms with Crippen molar-refractivity contribution in [3.63, 3.8) is 0 Å². The molecule has 7 heteroatoms. The van der Waals surface area contributed by atoms with Crippen LogP contribution >= 0.6 is 0 Å². The molecule has 0 spiro atoms. The van der Waals surface area contributed by atoms with Crippen LogP contribution in [0.1, 0.15) is 39.5 Å². The Morgan fingerprint density at radius 3 is 3.00 bits per heavy atom. The second kappa shape index (κ2) is 8.06. The Balaban J connectivity index is 2.03. The second-order valence-corrected chi connectivity index (χ2v) is 4.95. The molecule has 20 heavy (non-hydrogen) atoms. The van der Waals surface area contributed by atoms with Crippen LogP contribution in [-0.2, 0) is 4.84 Å². The number of rotatable bonds is 5. The molecule has 0 bridgehead atoms. The molecule has 0 amide bonds. The van der Waals surface area contributed by atoms with Crippen LogP contribution in [0.2, 0.25) is 0 Å². The molecule has 2 aliphatic heterocycles. The molecule has 1 fully saturated rings. The Labute approximate surface area is 120 Å². The molecule has 0 aromatic heterocycles. The molecule has 0 aromatic rings. The molecule has 1 atom stereocenters. The van der Waals surface area contributed by atoms with Gasteiger partial charge in [-0.25, -0.2) is 10.1 Å². The van der Waals surface area contributed by atoms with E-state index in [1.807, 2.05) is 5.06 Å². The van der Waals surface area contributed by atoms with Crippen molar-refractivity contribution in [3.05, 3.63) is 0 Å². The average molecular weight is 282 g/mol. The maximum atomic E-state index is 5.65. The van der Waals surface area contributed by atoms with E-state index in [1.54, 1.807) is 0 Å². The Kier molecular flexibility index (Phi) is 6.07. The first kappa shape index (κ1) is 15.1. The summed E-state index contributed by atoms with van der Waals surface area (Å²) in [6.45, 7) is 7.58. The van der Waals surface area contributed by atoms with Gasteiger partial charge in [-0.15, -0.1) is 0 Å². The molecular weight excluding hydrogens is 256 g/mol. The van der Waals surface area contributed by atoms with E-state index in [1.165, 1.54) is 0 Å². The fraction of sp³-hybridized carbons (Fsp3) is 0.846. The summed E-state index contributed by atoms with van der Waals surface area (Å²) in [6, 6.07) is 0. The molecule has 0 aromatic carbocycles. The molecule has 1 unspecified atom stereocenters. The first-order valence-corrected chi connectivity index (χ1v) is 7.63. The quantitative estimate of drug-likeness (QED) is 0.689. The maximum absolute atomic E-state index is 5.65. The summed E-state index contributed by atoms with van der Waals surface area (Å²) in [6.07, 6.45) is 4.18. The zero-order chi connectivity index (χ0) is 14.2. The van der Waals surface area contributed by atoms with E-state index < -0.39 is 0 Å². The van der Waals surface area contributed by atoms with Gasteiger partial charge in [0.15, 0.2) is 6.29 Å². The summed E-state index contributed by atoms with van der Waals surface area (Å²) < 4.78 is 0. The van der Waals surface area contributed by atoms with Crippen molar-refractivity contribution in [1.29, 1.82) is 0 Å². The van der Waals surface area contributed by atoms with Gasteiger partial charge in [-0.2, -0.15) is 0 Å². The summed E-state index contributed by atoms with van der Waals surface area (Å²) >= 11 is 0. The van der Waals surface area contributed by atoms with Gasteiger partial charge in [0, 0.05) is 13.1 Å². The number of hydrogen-bond acceptors (Lipinski definition) is 5. The van der Waals surface area contributed by atoms with E-state index in [2.05, 4.69) is 39.8 Å². The van der Waals surface area contributed by atoms with E-state index >= 15 is 0 Å².